The lowest BCUT2D eigenvalue weighted by molar-refractivity contribution is -0.155. The molecule has 24 heavy (non-hydrogen) atoms. The first kappa shape index (κ1) is 18.0. The Kier molecular flexibility index (Phi) is 6.40. The number of nitrogens with zero attached hydrogens (tertiary/aromatic N) is 1. The number of hydrogen-bond donors (Lipinski definition) is 1. The van der Waals surface area contributed by atoms with Gasteiger partial charge in [-0.05, 0) is 43.3 Å². The zero-order chi connectivity index (χ0) is 17.5. The van der Waals surface area contributed by atoms with Gasteiger partial charge in [0.25, 0.3) is 5.91 Å². The van der Waals surface area contributed by atoms with Crippen LogP contribution in [0.15, 0.2) is 42.6 Å². The van der Waals surface area contributed by atoms with Crippen molar-refractivity contribution in [2.75, 3.05) is 11.9 Å². The smallest absolute Gasteiger partial charge is 0.344 e. The van der Waals surface area contributed by atoms with Gasteiger partial charge in [-0.25, -0.2) is 9.78 Å². The summed E-state index contributed by atoms with van der Waals surface area (Å²) >= 11 is 11.5. The topological polar surface area (TPSA) is 77.5 Å². The number of benzene rings is 1. The molecule has 8 heteroatoms. The van der Waals surface area contributed by atoms with Gasteiger partial charge in [0.1, 0.15) is 11.6 Å². The van der Waals surface area contributed by atoms with Crippen molar-refractivity contribution in [3.05, 3.63) is 52.6 Å². The number of carbonyl (C=O) groups is 2. The Morgan fingerprint density at radius 2 is 1.79 bits per heavy atom. The van der Waals surface area contributed by atoms with Gasteiger partial charge in [-0.3, -0.25) is 4.79 Å². The van der Waals surface area contributed by atoms with Gasteiger partial charge in [-0.2, -0.15) is 0 Å². The van der Waals surface area contributed by atoms with Crippen molar-refractivity contribution in [3.63, 3.8) is 0 Å². The first-order valence-corrected chi connectivity index (χ1v) is 7.70. The number of rotatable bonds is 6. The lowest BCUT2D eigenvalue weighted by Gasteiger charge is -2.13. The van der Waals surface area contributed by atoms with Crippen molar-refractivity contribution in [2.24, 2.45) is 0 Å². The van der Waals surface area contributed by atoms with Crippen molar-refractivity contribution < 1.29 is 19.1 Å². The third-order valence-corrected chi connectivity index (χ3v) is 3.30. The Hall–Kier alpha value is -2.31. The monoisotopic (exact) mass is 368 g/mol. The minimum absolute atomic E-state index is 0.310. The molecule has 0 aliphatic heterocycles. The third-order valence-electron chi connectivity index (χ3n) is 2.83. The molecule has 1 heterocycles. The van der Waals surface area contributed by atoms with Crippen LogP contribution in [0.2, 0.25) is 10.0 Å². The molecule has 1 atom stereocenters. The third kappa shape index (κ3) is 5.72. The molecule has 0 radical (unpaired) electrons. The quantitative estimate of drug-likeness (QED) is 0.791. The van der Waals surface area contributed by atoms with E-state index >= 15 is 0 Å². The number of pyridine rings is 1. The van der Waals surface area contributed by atoms with Crippen LogP contribution < -0.4 is 10.1 Å². The molecule has 1 amide bonds. The van der Waals surface area contributed by atoms with Crippen molar-refractivity contribution in [2.45, 2.75) is 13.0 Å². The van der Waals surface area contributed by atoms with Crippen LogP contribution in [0.1, 0.15) is 6.92 Å². The summed E-state index contributed by atoms with van der Waals surface area (Å²) in [5.41, 5.74) is 0. The number of carbonyl (C=O) groups excluding carboxylic acids is 2. The molecule has 0 saturated carbocycles. The van der Waals surface area contributed by atoms with E-state index in [0.717, 1.165) is 0 Å². The highest BCUT2D eigenvalue weighted by Gasteiger charge is 2.18. The van der Waals surface area contributed by atoms with Crippen LogP contribution in [0, 0.1) is 0 Å². The maximum atomic E-state index is 11.9. The van der Waals surface area contributed by atoms with Crippen LogP contribution in [0.5, 0.6) is 5.75 Å². The van der Waals surface area contributed by atoms with Crippen molar-refractivity contribution in [3.8, 4) is 5.75 Å². The van der Waals surface area contributed by atoms with Gasteiger partial charge in [0, 0.05) is 11.2 Å². The predicted octanol–water partition coefficient (Wildman–Crippen LogP) is 3.34. The average molecular weight is 369 g/mol. The van der Waals surface area contributed by atoms with E-state index in [4.69, 9.17) is 32.7 Å². The minimum Gasteiger partial charge on any atom is -0.482 e. The molecule has 1 aromatic heterocycles. The lowest BCUT2D eigenvalue weighted by Crippen LogP contribution is -2.31. The Morgan fingerprint density at radius 3 is 2.42 bits per heavy atom. The van der Waals surface area contributed by atoms with E-state index in [2.05, 4.69) is 10.3 Å². The summed E-state index contributed by atoms with van der Waals surface area (Å²) in [5, 5.41) is 3.52. The van der Waals surface area contributed by atoms with E-state index in [9.17, 15) is 9.59 Å². The van der Waals surface area contributed by atoms with E-state index in [0.29, 0.717) is 21.6 Å². The van der Waals surface area contributed by atoms with E-state index in [-0.39, 0.29) is 6.61 Å². The SMILES string of the molecule is C[C@@H](OC(=O)COc1ccc(Cl)cc1)C(=O)Nc1ccc(Cl)cn1. The molecule has 1 aromatic carbocycles. The maximum Gasteiger partial charge on any atom is 0.344 e. The fourth-order valence-corrected chi connectivity index (χ4v) is 1.87. The number of esters is 1. The van der Waals surface area contributed by atoms with Gasteiger partial charge >= 0.3 is 5.97 Å². The van der Waals surface area contributed by atoms with Gasteiger partial charge in [0.2, 0.25) is 0 Å². The predicted molar refractivity (Wildman–Crippen MR) is 90.4 cm³/mol. The van der Waals surface area contributed by atoms with Crippen LogP contribution in [0.3, 0.4) is 0 Å². The molecule has 6 nitrogen and oxygen atoms in total. The van der Waals surface area contributed by atoms with E-state index in [1.807, 2.05) is 0 Å². The normalized spacial score (nSPS) is 11.5. The molecule has 1 N–H and O–H groups in total. The molecule has 0 aliphatic rings. The molecule has 0 aliphatic carbocycles. The highest BCUT2D eigenvalue weighted by atomic mass is 35.5. The van der Waals surface area contributed by atoms with Crippen molar-refractivity contribution in [1.82, 2.24) is 4.98 Å². The van der Waals surface area contributed by atoms with Crippen LogP contribution in [0.25, 0.3) is 0 Å². The maximum absolute atomic E-state index is 11.9. The zero-order valence-electron chi connectivity index (χ0n) is 12.7. The molecule has 0 saturated heterocycles. The van der Waals surface area contributed by atoms with Crippen LogP contribution in [-0.4, -0.2) is 29.6 Å². The fourth-order valence-electron chi connectivity index (χ4n) is 1.64. The lowest BCUT2D eigenvalue weighted by atomic mass is 10.3. The number of hydrogen-bond acceptors (Lipinski definition) is 5. The molecule has 2 aromatic rings. The van der Waals surface area contributed by atoms with Gasteiger partial charge in [-0.1, -0.05) is 23.2 Å². The number of anilines is 1. The van der Waals surface area contributed by atoms with Gasteiger partial charge < -0.3 is 14.8 Å². The molecule has 2 rings (SSSR count). The van der Waals surface area contributed by atoms with Crippen LogP contribution in [-0.2, 0) is 14.3 Å². The van der Waals surface area contributed by atoms with Crippen LogP contribution in [0.4, 0.5) is 5.82 Å². The summed E-state index contributed by atoms with van der Waals surface area (Å²) in [5.74, 6) is -0.398. The summed E-state index contributed by atoms with van der Waals surface area (Å²) in [6, 6.07) is 9.64. The molecule has 126 valence electrons. The highest BCUT2D eigenvalue weighted by Crippen LogP contribution is 2.15. The van der Waals surface area contributed by atoms with Gasteiger partial charge in [-0.15, -0.1) is 0 Å². The molecular weight excluding hydrogens is 355 g/mol. The van der Waals surface area contributed by atoms with Crippen molar-refractivity contribution >= 4 is 40.9 Å². The van der Waals surface area contributed by atoms with E-state index in [1.165, 1.54) is 13.1 Å². The second-order valence-electron chi connectivity index (χ2n) is 4.73. The zero-order valence-corrected chi connectivity index (χ0v) is 14.2. The summed E-state index contributed by atoms with van der Waals surface area (Å²) in [6.07, 6.45) is 0.400. The Bertz CT molecular complexity index is 705. The Labute approximate surface area is 148 Å². The molecular formula is C16H14Cl2N2O4. The summed E-state index contributed by atoms with van der Waals surface area (Å²) < 4.78 is 10.2. The summed E-state index contributed by atoms with van der Waals surface area (Å²) in [4.78, 5) is 27.6. The first-order valence-electron chi connectivity index (χ1n) is 6.94. The second-order valence-corrected chi connectivity index (χ2v) is 5.60. The largest absolute Gasteiger partial charge is 0.482 e. The van der Waals surface area contributed by atoms with E-state index < -0.39 is 18.0 Å². The number of nitrogens with one attached hydrogen (secondary N) is 1. The standard InChI is InChI=1S/C16H14Cl2N2O4/c1-10(16(22)20-14-7-4-12(18)8-19-14)24-15(21)9-23-13-5-2-11(17)3-6-13/h2-8,10H,9H2,1H3,(H,19,20,22)/t10-/m1/s1. The summed E-state index contributed by atoms with van der Waals surface area (Å²) in [6.45, 7) is 1.13. The Balaban J connectivity index is 1.78. The van der Waals surface area contributed by atoms with Crippen molar-refractivity contribution in [1.29, 1.82) is 0 Å². The molecule has 0 unspecified atom stereocenters. The Morgan fingerprint density at radius 1 is 1.12 bits per heavy atom. The number of ether oxygens (including phenoxy) is 2. The second kappa shape index (κ2) is 8.52. The van der Waals surface area contributed by atoms with Gasteiger partial charge in [0.15, 0.2) is 12.7 Å². The summed E-state index contributed by atoms with van der Waals surface area (Å²) in [7, 11) is 0. The average Bonchev–Trinajstić information content (AvgIpc) is 2.56. The fraction of sp³-hybridized carbons (Fsp3) is 0.188. The first-order chi connectivity index (χ1) is 11.4. The van der Waals surface area contributed by atoms with Gasteiger partial charge in [0.05, 0.1) is 5.02 Å². The minimum atomic E-state index is -0.996. The molecule has 0 spiro atoms. The number of amides is 1. The molecule has 0 bridgehead atoms. The van der Waals surface area contributed by atoms with Crippen LogP contribution >= 0.6 is 23.2 Å². The van der Waals surface area contributed by atoms with E-state index in [1.54, 1.807) is 36.4 Å². The molecule has 0 fully saturated rings. The number of aromatic nitrogens is 1. The number of halogens is 2. The highest BCUT2D eigenvalue weighted by molar-refractivity contribution is 6.30.